The van der Waals surface area contributed by atoms with Crippen molar-refractivity contribution in [2.45, 2.75) is 4.90 Å². The van der Waals surface area contributed by atoms with E-state index in [1.54, 1.807) is 11.8 Å². The van der Waals surface area contributed by atoms with Crippen LogP contribution in [-0.4, -0.2) is 17.4 Å². The first-order chi connectivity index (χ1) is 6.19. The van der Waals surface area contributed by atoms with Gasteiger partial charge in [0.25, 0.3) is 0 Å². The molecule has 1 nitrogen and oxygen atoms in total. The number of carbonyl (C=O) groups excluding carboxylic acids is 1. The lowest BCUT2D eigenvalue weighted by atomic mass is 10.1. The number of halogens is 2. The maximum atomic E-state index is 11.5. The van der Waals surface area contributed by atoms with Gasteiger partial charge in [-0.05, 0) is 24.5 Å². The van der Waals surface area contributed by atoms with E-state index in [0.717, 1.165) is 14.9 Å². The van der Waals surface area contributed by atoms with E-state index in [1.165, 1.54) is 0 Å². The summed E-state index contributed by atoms with van der Waals surface area (Å²) in [6.07, 6.45) is 1.97. The third-order valence-corrected chi connectivity index (χ3v) is 3.38. The average molecular weight is 324 g/mol. The van der Waals surface area contributed by atoms with Gasteiger partial charge in [0.2, 0.25) is 0 Å². The summed E-state index contributed by atoms with van der Waals surface area (Å²) in [4.78, 5) is 12.5. The number of carbonyl (C=O) groups is 1. The van der Waals surface area contributed by atoms with Gasteiger partial charge in [0.05, 0.1) is 5.33 Å². The van der Waals surface area contributed by atoms with Crippen molar-refractivity contribution in [3.63, 3.8) is 0 Å². The largest absolute Gasteiger partial charge is 0.293 e. The molecule has 4 heteroatoms. The van der Waals surface area contributed by atoms with Crippen LogP contribution in [0.15, 0.2) is 27.6 Å². The van der Waals surface area contributed by atoms with Crippen LogP contribution in [0.1, 0.15) is 10.4 Å². The van der Waals surface area contributed by atoms with Crippen molar-refractivity contribution in [1.82, 2.24) is 0 Å². The van der Waals surface area contributed by atoms with Gasteiger partial charge in [0.1, 0.15) is 0 Å². The van der Waals surface area contributed by atoms with Gasteiger partial charge in [-0.2, -0.15) is 0 Å². The second-order valence-electron chi connectivity index (χ2n) is 2.40. The predicted molar refractivity (Wildman–Crippen MR) is 64.0 cm³/mol. The van der Waals surface area contributed by atoms with Crippen molar-refractivity contribution >= 4 is 49.4 Å². The van der Waals surface area contributed by atoms with Gasteiger partial charge < -0.3 is 0 Å². The van der Waals surface area contributed by atoms with E-state index in [9.17, 15) is 4.79 Å². The van der Waals surface area contributed by atoms with Crippen molar-refractivity contribution in [3.8, 4) is 0 Å². The number of hydrogen-bond acceptors (Lipinski definition) is 2. The summed E-state index contributed by atoms with van der Waals surface area (Å²) in [6.45, 7) is 0. The van der Waals surface area contributed by atoms with Gasteiger partial charge in [-0.25, -0.2) is 0 Å². The molecule has 0 fully saturated rings. The van der Waals surface area contributed by atoms with Gasteiger partial charge >= 0.3 is 0 Å². The van der Waals surface area contributed by atoms with E-state index in [1.807, 2.05) is 24.5 Å². The predicted octanol–water partition coefficient (Wildman–Crippen LogP) is 3.75. The fourth-order valence-corrected chi connectivity index (χ4v) is 2.23. The average Bonchev–Trinajstić information content (AvgIpc) is 2.16. The van der Waals surface area contributed by atoms with Crippen LogP contribution in [0.25, 0.3) is 0 Å². The molecule has 0 aliphatic carbocycles. The van der Waals surface area contributed by atoms with Crippen LogP contribution in [0.2, 0.25) is 0 Å². The SMILES string of the molecule is CSc1ccc(Br)cc1C(=O)CBr. The van der Waals surface area contributed by atoms with Crippen LogP contribution in [0.4, 0.5) is 0 Å². The van der Waals surface area contributed by atoms with Gasteiger partial charge in [-0.15, -0.1) is 11.8 Å². The summed E-state index contributed by atoms with van der Waals surface area (Å²) >= 11 is 8.10. The third kappa shape index (κ3) is 2.82. The molecule has 0 unspecified atom stereocenters. The van der Waals surface area contributed by atoms with Gasteiger partial charge in [0.15, 0.2) is 5.78 Å². The van der Waals surface area contributed by atoms with E-state index < -0.39 is 0 Å². The van der Waals surface area contributed by atoms with E-state index in [-0.39, 0.29) is 5.78 Å². The molecule has 0 spiro atoms. The van der Waals surface area contributed by atoms with Crippen molar-refractivity contribution in [2.75, 3.05) is 11.6 Å². The number of Topliss-reactive ketones (excluding diaryl/α,β-unsaturated/α-hetero) is 1. The Balaban J connectivity index is 3.15. The van der Waals surface area contributed by atoms with E-state index in [2.05, 4.69) is 31.9 Å². The molecule has 0 bridgehead atoms. The molecule has 0 aliphatic rings. The van der Waals surface area contributed by atoms with Crippen LogP contribution >= 0.6 is 43.6 Å². The smallest absolute Gasteiger partial charge is 0.174 e. The highest BCUT2D eigenvalue weighted by atomic mass is 79.9. The van der Waals surface area contributed by atoms with Crippen LogP contribution in [0.5, 0.6) is 0 Å². The summed E-state index contributed by atoms with van der Waals surface area (Å²) < 4.78 is 0.939. The van der Waals surface area contributed by atoms with Crippen molar-refractivity contribution in [1.29, 1.82) is 0 Å². The molecule has 0 radical (unpaired) electrons. The standard InChI is InChI=1S/C9H8Br2OS/c1-13-9-3-2-6(11)4-7(9)8(12)5-10/h2-4H,5H2,1H3. The van der Waals surface area contributed by atoms with Gasteiger partial charge in [-0.3, -0.25) is 4.79 Å². The molecule has 0 saturated carbocycles. The Morgan fingerprint density at radius 2 is 2.23 bits per heavy atom. The van der Waals surface area contributed by atoms with Crippen molar-refractivity contribution < 1.29 is 4.79 Å². The minimum absolute atomic E-state index is 0.116. The molecule has 0 saturated heterocycles. The molecule has 1 aromatic carbocycles. The van der Waals surface area contributed by atoms with Crippen LogP contribution in [0.3, 0.4) is 0 Å². The Bertz CT molecular complexity index is 325. The van der Waals surface area contributed by atoms with Gasteiger partial charge in [0, 0.05) is 14.9 Å². The van der Waals surface area contributed by atoms with Gasteiger partial charge in [-0.1, -0.05) is 31.9 Å². The Morgan fingerprint density at radius 1 is 1.54 bits per heavy atom. The van der Waals surface area contributed by atoms with Crippen LogP contribution in [-0.2, 0) is 0 Å². The number of alkyl halides is 1. The Labute approximate surface area is 98.5 Å². The monoisotopic (exact) mass is 322 g/mol. The molecule has 1 aromatic rings. The Hall–Kier alpha value is 0.200. The van der Waals surface area contributed by atoms with E-state index in [4.69, 9.17) is 0 Å². The number of hydrogen-bond donors (Lipinski definition) is 0. The zero-order valence-corrected chi connectivity index (χ0v) is 11.0. The summed E-state index contributed by atoms with van der Waals surface area (Å²) in [5, 5.41) is 0.372. The summed E-state index contributed by atoms with van der Waals surface area (Å²) in [5.74, 6) is 0.116. The van der Waals surface area contributed by atoms with E-state index >= 15 is 0 Å². The zero-order chi connectivity index (χ0) is 9.84. The third-order valence-electron chi connectivity index (χ3n) is 1.58. The normalized spacial score (nSPS) is 10.1. The molecular weight excluding hydrogens is 316 g/mol. The molecule has 0 N–H and O–H groups in total. The summed E-state index contributed by atoms with van der Waals surface area (Å²) in [7, 11) is 0. The highest BCUT2D eigenvalue weighted by Gasteiger charge is 2.09. The maximum absolute atomic E-state index is 11.5. The Morgan fingerprint density at radius 3 is 2.77 bits per heavy atom. The lowest BCUT2D eigenvalue weighted by molar-refractivity contribution is 0.102. The zero-order valence-electron chi connectivity index (χ0n) is 7.01. The Kier molecular flexibility index (Phi) is 4.49. The highest BCUT2D eigenvalue weighted by molar-refractivity contribution is 9.10. The molecule has 70 valence electrons. The first kappa shape index (κ1) is 11.3. The lowest BCUT2D eigenvalue weighted by Gasteiger charge is -2.04. The number of thioether (sulfide) groups is 1. The first-order valence-corrected chi connectivity index (χ1v) is 6.75. The topological polar surface area (TPSA) is 17.1 Å². The minimum Gasteiger partial charge on any atom is -0.293 e. The summed E-state index contributed by atoms with van der Waals surface area (Å²) in [6, 6.07) is 5.75. The van der Waals surface area contributed by atoms with E-state index in [0.29, 0.717) is 5.33 Å². The minimum atomic E-state index is 0.116. The molecule has 0 amide bonds. The first-order valence-electron chi connectivity index (χ1n) is 3.61. The maximum Gasteiger partial charge on any atom is 0.174 e. The summed E-state index contributed by atoms with van der Waals surface area (Å²) in [5.41, 5.74) is 0.777. The number of ketones is 1. The van der Waals surface area contributed by atoms with Crippen LogP contribution < -0.4 is 0 Å². The second-order valence-corrected chi connectivity index (χ2v) is 4.73. The van der Waals surface area contributed by atoms with Crippen molar-refractivity contribution in [3.05, 3.63) is 28.2 Å². The van der Waals surface area contributed by atoms with Crippen molar-refractivity contribution in [2.24, 2.45) is 0 Å². The molecule has 13 heavy (non-hydrogen) atoms. The second kappa shape index (κ2) is 5.17. The molecular formula is C9H8Br2OS. The molecule has 0 atom stereocenters. The molecule has 0 aromatic heterocycles. The molecule has 0 aliphatic heterocycles. The molecule has 1 rings (SSSR count). The highest BCUT2D eigenvalue weighted by Crippen LogP contribution is 2.24. The fraction of sp³-hybridized carbons (Fsp3) is 0.222. The quantitative estimate of drug-likeness (QED) is 0.479. The lowest BCUT2D eigenvalue weighted by Crippen LogP contribution is -2.01. The van der Waals surface area contributed by atoms with Crippen LogP contribution in [0, 0.1) is 0 Å². The molecule has 0 heterocycles. The number of benzene rings is 1. The number of rotatable bonds is 3. The fourth-order valence-electron chi connectivity index (χ4n) is 0.970.